The van der Waals surface area contributed by atoms with E-state index in [4.69, 9.17) is 10.5 Å². The van der Waals surface area contributed by atoms with Crippen molar-refractivity contribution in [3.63, 3.8) is 0 Å². The first-order valence-electron chi connectivity index (χ1n) is 11.9. The largest absolute Gasteiger partial charge is 0.480 e. The number of aliphatic carboxylic acids is 1. The summed E-state index contributed by atoms with van der Waals surface area (Å²) in [5.41, 5.74) is 7.13. The highest BCUT2D eigenvalue weighted by atomic mass is 16.5. The van der Waals surface area contributed by atoms with Crippen LogP contribution >= 0.6 is 0 Å². The number of nitrogens with one attached hydrogen (secondary N) is 2. The zero-order chi connectivity index (χ0) is 25.9. The molecule has 3 rings (SSSR count). The predicted molar refractivity (Wildman–Crippen MR) is 132 cm³/mol. The van der Waals surface area contributed by atoms with E-state index in [1.54, 1.807) is 0 Å². The Hall–Kier alpha value is -3.76. The normalized spacial score (nSPS) is 16.7. The summed E-state index contributed by atoms with van der Waals surface area (Å²) in [6.07, 6.45) is 1.08. The molecule has 3 atom stereocenters. The third kappa shape index (κ3) is 7.62. The van der Waals surface area contributed by atoms with Crippen molar-refractivity contribution in [2.24, 2.45) is 5.73 Å². The minimum absolute atomic E-state index is 0.162. The highest BCUT2D eigenvalue weighted by Crippen LogP contribution is 2.19. The Labute approximate surface area is 209 Å². The molecular formula is C26H32N4O6. The van der Waals surface area contributed by atoms with Gasteiger partial charge in [-0.25, -0.2) is 4.79 Å². The molecular weight excluding hydrogens is 464 g/mol. The van der Waals surface area contributed by atoms with E-state index < -0.39 is 41.8 Å². The minimum Gasteiger partial charge on any atom is -0.480 e. The van der Waals surface area contributed by atoms with Gasteiger partial charge in [-0.15, -0.1) is 0 Å². The van der Waals surface area contributed by atoms with Gasteiger partial charge in [0.1, 0.15) is 18.1 Å². The Morgan fingerprint density at radius 2 is 1.61 bits per heavy atom. The molecule has 1 aliphatic rings. The van der Waals surface area contributed by atoms with Gasteiger partial charge in [-0.05, 0) is 24.0 Å². The number of hydrogen-bond acceptors (Lipinski definition) is 6. The molecule has 1 aliphatic heterocycles. The van der Waals surface area contributed by atoms with Gasteiger partial charge in [0.15, 0.2) is 0 Å². The molecule has 192 valence electrons. The van der Waals surface area contributed by atoms with Crippen molar-refractivity contribution in [2.75, 3.05) is 19.7 Å². The number of carbonyl (C=O) groups is 4. The number of ether oxygens (including phenoxy) is 1. The number of likely N-dealkylation sites (tertiary alicyclic amines) is 1. The van der Waals surface area contributed by atoms with E-state index in [1.807, 2.05) is 60.7 Å². The average Bonchev–Trinajstić information content (AvgIpc) is 3.39. The number of carboxylic acid groups (broad SMARTS) is 1. The lowest BCUT2D eigenvalue weighted by atomic mass is 10.0. The lowest BCUT2D eigenvalue weighted by Gasteiger charge is -2.28. The number of nitrogens with two attached hydrogens (primary N) is 1. The number of rotatable bonds is 12. The van der Waals surface area contributed by atoms with Crippen LogP contribution in [0.15, 0.2) is 60.7 Å². The maximum Gasteiger partial charge on any atom is 0.326 e. The Kier molecular flexibility index (Phi) is 9.96. The van der Waals surface area contributed by atoms with Gasteiger partial charge < -0.3 is 31.1 Å². The number of benzene rings is 2. The van der Waals surface area contributed by atoms with Crippen molar-refractivity contribution in [3.05, 3.63) is 71.8 Å². The highest BCUT2D eigenvalue weighted by molar-refractivity contribution is 5.94. The van der Waals surface area contributed by atoms with Crippen LogP contribution in [0.4, 0.5) is 0 Å². The fourth-order valence-electron chi connectivity index (χ4n) is 4.12. The maximum absolute atomic E-state index is 13.4. The van der Waals surface area contributed by atoms with Crippen LogP contribution in [0.2, 0.25) is 0 Å². The van der Waals surface area contributed by atoms with Crippen molar-refractivity contribution in [3.8, 4) is 0 Å². The fourth-order valence-corrected chi connectivity index (χ4v) is 4.12. The minimum atomic E-state index is -1.13. The zero-order valence-electron chi connectivity index (χ0n) is 20.0. The van der Waals surface area contributed by atoms with Gasteiger partial charge in [-0.2, -0.15) is 0 Å². The maximum atomic E-state index is 13.4. The van der Waals surface area contributed by atoms with Crippen molar-refractivity contribution >= 4 is 23.7 Å². The van der Waals surface area contributed by atoms with Crippen LogP contribution in [0, 0.1) is 0 Å². The average molecular weight is 497 g/mol. The first kappa shape index (κ1) is 26.8. The summed E-state index contributed by atoms with van der Waals surface area (Å²) in [5, 5.41) is 14.8. The molecule has 5 N–H and O–H groups in total. The van der Waals surface area contributed by atoms with Gasteiger partial charge in [-0.1, -0.05) is 60.7 Å². The van der Waals surface area contributed by atoms with Gasteiger partial charge in [0.05, 0.1) is 19.8 Å². The first-order chi connectivity index (χ1) is 17.4. The molecule has 0 bridgehead atoms. The molecule has 2 aromatic rings. The summed E-state index contributed by atoms with van der Waals surface area (Å²) in [7, 11) is 0. The van der Waals surface area contributed by atoms with Crippen LogP contribution in [-0.4, -0.2) is 71.5 Å². The molecule has 10 nitrogen and oxygen atoms in total. The smallest absolute Gasteiger partial charge is 0.326 e. The molecule has 0 unspecified atom stereocenters. The molecule has 1 saturated heterocycles. The Bertz CT molecular complexity index is 1030. The van der Waals surface area contributed by atoms with Gasteiger partial charge in [0.2, 0.25) is 17.7 Å². The van der Waals surface area contributed by atoms with Crippen molar-refractivity contribution in [1.29, 1.82) is 0 Å². The molecule has 1 heterocycles. The molecule has 0 saturated carbocycles. The SMILES string of the molecule is NCC(=O)N[C@@H](Cc1ccccc1)C(=O)N[C@@H](COCc1ccccc1)C(=O)N1CCC[C@H]1C(=O)O. The summed E-state index contributed by atoms with van der Waals surface area (Å²) in [6.45, 7) is 0.0266. The van der Waals surface area contributed by atoms with E-state index >= 15 is 0 Å². The lowest BCUT2D eigenvalue weighted by molar-refractivity contribution is -0.150. The Morgan fingerprint density at radius 1 is 0.972 bits per heavy atom. The van der Waals surface area contributed by atoms with Crippen LogP contribution in [-0.2, 0) is 36.9 Å². The molecule has 10 heteroatoms. The van der Waals surface area contributed by atoms with Crippen LogP contribution in [0.5, 0.6) is 0 Å². The van der Waals surface area contributed by atoms with Gasteiger partial charge in [0, 0.05) is 13.0 Å². The molecule has 0 aliphatic carbocycles. The molecule has 0 spiro atoms. The van der Waals surface area contributed by atoms with Crippen LogP contribution in [0.25, 0.3) is 0 Å². The summed E-state index contributed by atoms with van der Waals surface area (Å²) in [5.74, 6) is -2.73. The summed E-state index contributed by atoms with van der Waals surface area (Å²) in [6, 6.07) is 15.4. The molecule has 36 heavy (non-hydrogen) atoms. The molecule has 3 amide bonds. The van der Waals surface area contributed by atoms with Crippen molar-refractivity contribution in [2.45, 2.75) is 44.0 Å². The number of amides is 3. The third-order valence-corrected chi connectivity index (χ3v) is 5.95. The summed E-state index contributed by atoms with van der Waals surface area (Å²) < 4.78 is 5.74. The highest BCUT2D eigenvalue weighted by Gasteiger charge is 2.38. The van der Waals surface area contributed by atoms with E-state index in [2.05, 4.69) is 10.6 Å². The van der Waals surface area contributed by atoms with Crippen molar-refractivity contribution < 1.29 is 29.0 Å². The molecule has 2 aromatic carbocycles. The van der Waals surface area contributed by atoms with Crippen molar-refractivity contribution in [1.82, 2.24) is 15.5 Å². The van der Waals surface area contributed by atoms with Crippen LogP contribution < -0.4 is 16.4 Å². The van der Waals surface area contributed by atoms with E-state index in [1.165, 1.54) is 4.90 Å². The van der Waals surface area contributed by atoms with Crippen LogP contribution in [0.1, 0.15) is 24.0 Å². The Balaban J connectivity index is 1.76. The number of hydrogen-bond donors (Lipinski definition) is 4. The second-order valence-electron chi connectivity index (χ2n) is 8.60. The quantitative estimate of drug-likeness (QED) is 0.333. The second kappa shape index (κ2) is 13.4. The van der Waals surface area contributed by atoms with E-state index in [9.17, 15) is 24.3 Å². The molecule has 0 radical (unpaired) electrons. The van der Waals surface area contributed by atoms with E-state index in [0.717, 1.165) is 11.1 Å². The first-order valence-corrected chi connectivity index (χ1v) is 11.9. The van der Waals surface area contributed by atoms with Gasteiger partial charge in [-0.3, -0.25) is 14.4 Å². The summed E-state index contributed by atoms with van der Waals surface area (Å²) >= 11 is 0. The summed E-state index contributed by atoms with van der Waals surface area (Å²) in [4.78, 5) is 51.6. The van der Waals surface area contributed by atoms with E-state index in [0.29, 0.717) is 12.8 Å². The lowest BCUT2D eigenvalue weighted by Crippen LogP contribution is -2.58. The molecule has 1 fully saturated rings. The van der Waals surface area contributed by atoms with Gasteiger partial charge in [0.25, 0.3) is 0 Å². The second-order valence-corrected chi connectivity index (χ2v) is 8.60. The topological polar surface area (TPSA) is 151 Å². The number of carbonyl (C=O) groups excluding carboxylic acids is 3. The predicted octanol–water partition coefficient (Wildman–Crippen LogP) is 0.450. The molecule has 0 aromatic heterocycles. The van der Waals surface area contributed by atoms with Gasteiger partial charge >= 0.3 is 5.97 Å². The zero-order valence-corrected chi connectivity index (χ0v) is 20.0. The van der Waals surface area contributed by atoms with Crippen LogP contribution in [0.3, 0.4) is 0 Å². The monoisotopic (exact) mass is 496 g/mol. The standard InChI is InChI=1S/C26H32N4O6/c27-15-23(31)28-20(14-18-8-3-1-4-9-18)24(32)29-21(17-36-16-19-10-5-2-6-11-19)25(33)30-13-7-12-22(30)26(34)35/h1-6,8-11,20-22H,7,12-17,27H2,(H,28,31)(H,29,32)(H,34,35)/t20-,21-,22-/m0/s1. The number of carboxylic acids is 1. The Morgan fingerprint density at radius 3 is 2.22 bits per heavy atom. The fraction of sp³-hybridized carbons (Fsp3) is 0.385. The third-order valence-electron chi connectivity index (χ3n) is 5.95. The number of nitrogens with zero attached hydrogens (tertiary/aromatic N) is 1. The van der Waals surface area contributed by atoms with E-state index in [-0.39, 0.29) is 32.7 Å².